The Kier molecular flexibility index (Phi) is 4.56. The minimum atomic E-state index is -4.54. The molecule has 0 aromatic carbocycles. The smallest absolute Gasteiger partial charge is 0.327 e. The number of imidazole rings is 1. The summed E-state index contributed by atoms with van der Waals surface area (Å²) in [7, 11) is 0. The van der Waals surface area contributed by atoms with Gasteiger partial charge in [-0.05, 0) is 0 Å². The predicted octanol–water partition coefficient (Wildman–Crippen LogP) is 2.53. The Hall–Kier alpha value is -1.96. The molecule has 0 unspecified atom stereocenters. The molecule has 0 aliphatic heterocycles. The van der Waals surface area contributed by atoms with Gasteiger partial charge in [-0.3, -0.25) is 0 Å². The maximum atomic E-state index is 12.7. The molecule has 0 radical (unpaired) electrons. The van der Waals surface area contributed by atoms with Gasteiger partial charge in [-0.25, -0.2) is 15.0 Å². The van der Waals surface area contributed by atoms with Crippen LogP contribution in [0.1, 0.15) is 23.8 Å². The van der Waals surface area contributed by atoms with E-state index in [0.717, 1.165) is 6.20 Å². The van der Waals surface area contributed by atoms with Gasteiger partial charge in [-0.1, -0.05) is 11.6 Å². The zero-order valence-corrected chi connectivity index (χ0v) is 11.4. The highest BCUT2D eigenvalue weighted by Gasteiger charge is 2.34. The third-order valence-electron chi connectivity index (χ3n) is 2.62. The van der Waals surface area contributed by atoms with Crippen LogP contribution in [-0.4, -0.2) is 25.8 Å². The van der Waals surface area contributed by atoms with Crippen molar-refractivity contribution in [3.8, 4) is 0 Å². The molecule has 0 saturated carbocycles. The van der Waals surface area contributed by atoms with Crippen molar-refractivity contribution in [1.29, 1.82) is 0 Å². The molecule has 0 bridgehead atoms. The molecule has 2 aromatic rings. The molecule has 0 amide bonds. The van der Waals surface area contributed by atoms with Gasteiger partial charge in [0.2, 0.25) is 0 Å². The van der Waals surface area contributed by atoms with Crippen LogP contribution in [0.2, 0.25) is 5.02 Å². The second kappa shape index (κ2) is 6.21. The van der Waals surface area contributed by atoms with Crippen molar-refractivity contribution in [2.45, 2.75) is 25.6 Å². The number of halogens is 4. The largest absolute Gasteiger partial charge is 0.434 e. The lowest BCUT2D eigenvalue weighted by atomic mass is 10.3. The molecule has 9 heteroatoms. The first-order chi connectivity index (χ1) is 9.90. The predicted molar refractivity (Wildman–Crippen MR) is 67.8 cm³/mol. The maximum absolute atomic E-state index is 12.7. The molecule has 2 heterocycles. The zero-order chi connectivity index (χ0) is 15.5. The van der Waals surface area contributed by atoms with Gasteiger partial charge in [0.25, 0.3) is 0 Å². The molecule has 2 aromatic heterocycles. The molecular weight excluding hydrogens is 309 g/mol. The van der Waals surface area contributed by atoms with Gasteiger partial charge in [0, 0.05) is 31.4 Å². The minimum absolute atomic E-state index is 0.0223. The van der Waals surface area contributed by atoms with Crippen molar-refractivity contribution in [2.24, 2.45) is 0 Å². The van der Waals surface area contributed by atoms with Crippen molar-refractivity contribution in [3.05, 3.63) is 41.0 Å². The fourth-order valence-electron chi connectivity index (χ4n) is 1.69. The summed E-state index contributed by atoms with van der Waals surface area (Å²) in [4.78, 5) is 21.8. The molecule has 21 heavy (non-hydrogen) atoms. The second-order valence-electron chi connectivity index (χ2n) is 4.19. The van der Waals surface area contributed by atoms with Crippen LogP contribution in [0.3, 0.4) is 0 Å². The van der Waals surface area contributed by atoms with E-state index in [4.69, 9.17) is 11.6 Å². The summed E-state index contributed by atoms with van der Waals surface area (Å²) in [5, 5.41) is 0.335. The van der Waals surface area contributed by atoms with E-state index in [9.17, 15) is 18.0 Å². The number of alkyl halides is 3. The van der Waals surface area contributed by atoms with Gasteiger partial charge >= 0.3 is 6.18 Å². The molecule has 5 nitrogen and oxygen atoms in total. The van der Waals surface area contributed by atoms with E-state index in [0.29, 0.717) is 17.1 Å². The van der Waals surface area contributed by atoms with Crippen LogP contribution in [0.25, 0.3) is 0 Å². The summed E-state index contributed by atoms with van der Waals surface area (Å²) in [6.07, 6.45) is -0.0959. The standard InChI is InChI=1S/C12H10ClF3N4O/c13-8-4-17-10(18-5-8)7-20-6-9(12(14,15)16)19-11(20)2-1-3-21/h3-6H,1-2,7H2. The van der Waals surface area contributed by atoms with Crippen LogP contribution in [0, 0.1) is 0 Å². The Morgan fingerprint density at radius 2 is 1.95 bits per heavy atom. The summed E-state index contributed by atoms with van der Waals surface area (Å²) in [6, 6.07) is 0. The van der Waals surface area contributed by atoms with Gasteiger partial charge in [0.05, 0.1) is 11.6 Å². The van der Waals surface area contributed by atoms with E-state index in [1.165, 1.54) is 17.0 Å². The van der Waals surface area contributed by atoms with Crippen molar-refractivity contribution < 1.29 is 18.0 Å². The van der Waals surface area contributed by atoms with E-state index in [1.54, 1.807) is 0 Å². The fourth-order valence-corrected chi connectivity index (χ4v) is 1.79. The van der Waals surface area contributed by atoms with E-state index in [1.807, 2.05) is 0 Å². The number of carbonyl (C=O) groups is 1. The lowest BCUT2D eigenvalue weighted by Gasteiger charge is -2.05. The van der Waals surface area contributed by atoms with E-state index < -0.39 is 11.9 Å². The molecule has 112 valence electrons. The lowest BCUT2D eigenvalue weighted by Crippen LogP contribution is -2.07. The van der Waals surface area contributed by atoms with E-state index >= 15 is 0 Å². The van der Waals surface area contributed by atoms with Crippen LogP contribution in [0.15, 0.2) is 18.6 Å². The normalized spacial score (nSPS) is 11.6. The third kappa shape index (κ3) is 4.01. The summed E-state index contributed by atoms with van der Waals surface area (Å²) >= 11 is 5.65. The van der Waals surface area contributed by atoms with Gasteiger partial charge in [0.1, 0.15) is 17.9 Å². The third-order valence-corrected chi connectivity index (χ3v) is 2.82. The monoisotopic (exact) mass is 318 g/mol. The highest BCUT2D eigenvalue weighted by molar-refractivity contribution is 6.30. The van der Waals surface area contributed by atoms with Crippen LogP contribution < -0.4 is 0 Å². The Bertz CT molecular complexity index is 624. The Morgan fingerprint density at radius 1 is 1.29 bits per heavy atom. The lowest BCUT2D eigenvalue weighted by molar-refractivity contribution is -0.141. The summed E-state index contributed by atoms with van der Waals surface area (Å²) in [5.74, 6) is 0.464. The summed E-state index contributed by atoms with van der Waals surface area (Å²) in [6.45, 7) is 0.0223. The SMILES string of the molecule is O=CCCc1nc(C(F)(F)F)cn1Cc1ncc(Cl)cn1. The molecule has 0 aliphatic carbocycles. The quantitative estimate of drug-likeness (QED) is 0.795. The number of nitrogens with zero attached hydrogens (tertiary/aromatic N) is 4. The molecule has 0 N–H and O–H groups in total. The molecule has 2 rings (SSSR count). The Morgan fingerprint density at radius 3 is 2.52 bits per heavy atom. The molecule has 0 aliphatic rings. The summed E-state index contributed by atoms with van der Waals surface area (Å²) < 4.78 is 39.4. The van der Waals surface area contributed by atoms with E-state index in [-0.39, 0.29) is 25.2 Å². The average Bonchev–Trinajstić information content (AvgIpc) is 2.82. The van der Waals surface area contributed by atoms with Crippen LogP contribution in [-0.2, 0) is 23.9 Å². The number of aldehydes is 1. The van der Waals surface area contributed by atoms with Crippen molar-refractivity contribution in [1.82, 2.24) is 19.5 Å². The number of rotatable bonds is 5. The van der Waals surface area contributed by atoms with Gasteiger partial charge in [-0.15, -0.1) is 0 Å². The first-order valence-corrected chi connectivity index (χ1v) is 6.31. The van der Waals surface area contributed by atoms with Crippen molar-refractivity contribution in [2.75, 3.05) is 0 Å². The van der Waals surface area contributed by atoms with Crippen molar-refractivity contribution in [3.63, 3.8) is 0 Å². The number of hydrogen-bond acceptors (Lipinski definition) is 4. The highest BCUT2D eigenvalue weighted by Crippen LogP contribution is 2.28. The molecule has 0 saturated heterocycles. The van der Waals surface area contributed by atoms with Gasteiger partial charge < -0.3 is 9.36 Å². The maximum Gasteiger partial charge on any atom is 0.434 e. The van der Waals surface area contributed by atoms with Gasteiger partial charge in [-0.2, -0.15) is 13.2 Å². The number of aryl methyl sites for hydroxylation is 1. The van der Waals surface area contributed by atoms with Crippen molar-refractivity contribution >= 4 is 17.9 Å². The fraction of sp³-hybridized carbons (Fsp3) is 0.333. The van der Waals surface area contributed by atoms with Gasteiger partial charge in [0.15, 0.2) is 5.69 Å². The highest BCUT2D eigenvalue weighted by atomic mass is 35.5. The Labute approximate surface area is 122 Å². The minimum Gasteiger partial charge on any atom is -0.327 e. The zero-order valence-electron chi connectivity index (χ0n) is 10.6. The van der Waals surface area contributed by atoms with Crippen LogP contribution >= 0.6 is 11.6 Å². The number of aromatic nitrogens is 4. The number of carbonyl (C=O) groups excluding carboxylic acids is 1. The number of hydrogen-bond donors (Lipinski definition) is 0. The second-order valence-corrected chi connectivity index (χ2v) is 4.63. The summed E-state index contributed by atoms with van der Waals surface area (Å²) in [5.41, 5.74) is -1.00. The molecule has 0 fully saturated rings. The van der Waals surface area contributed by atoms with E-state index in [2.05, 4.69) is 15.0 Å². The molecular formula is C12H10ClF3N4O. The topological polar surface area (TPSA) is 60.7 Å². The first kappa shape index (κ1) is 15.4. The molecule has 0 atom stereocenters. The van der Waals surface area contributed by atoms with Crippen LogP contribution in [0.4, 0.5) is 13.2 Å². The Balaban J connectivity index is 2.29. The molecule has 0 spiro atoms. The average molecular weight is 319 g/mol. The van der Waals surface area contributed by atoms with Crippen LogP contribution in [0.5, 0.6) is 0 Å². The first-order valence-electron chi connectivity index (χ1n) is 5.93.